The molecule has 0 nitrogen and oxygen atoms in total. The van der Waals surface area contributed by atoms with E-state index in [0.717, 1.165) is 19.2 Å². The Morgan fingerprint density at radius 2 is 1.88 bits per heavy atom. The van der Waals surface area contributed by atoms with Gasteiger partial charge in [0.1, 0.15) is 4.34 Å². The zero-order chi connectivity index (χ0) is 11.7. The molecule has 1 unspecified atom stereocenters. The van der Waals surface area contributed by atoms with Gasteiger partial charge in [-0.05, 0) is 62.3 Å². The lowest BCUT2D eigenvalue weighted by Crippen LogP contribution is -1.89. The van der Waals surface area contributed by atoms with Crippen LogP contribution in [0.2, 0.25) is 4.34 Å². The van der Waals surface area contributed by atoms with Crippen LogP contribution in [-0.4, -0.2) is 0 Å². The third-order valence-corrected chi connectivity index (χ3v) is 5.95. The summed E-state index contributed by atoms with van der Waals surface area (Å²) in [6.07, 6.45) is 0. The Kier molecular flexibility index (Phi) is 4.58. The summed E-state index contributed by atoms with van der Waals surface area (Å²) in [4.78, 5) is 1.06. The molecule has 84 valence electrons. The van der Waals surface area contributed by atoms with Gasteiger partial charge >= 0.3 is 0 Å². The molecule has 1 aromatic carbocycles. The van der Waals surface area contributed by atoms with Crippen molar-refractivity contribution >= 4 is 73.1 Å². The summed E-state index contributed by atoms with van der Waals surface area (Å²) in [5.74, 6) is 0. The van der Waals surface area contributed by atoms with Gasteiger partial charge in [-0.25, -0.2) is 0 Å². The van der Waals surface area contributed by atoms with Crippen molar-refractivity contribution in [2.75, 3.05) is 0 Å². The maximum atomic E-state index is 6.40. The van der Waals surface area contributed by atoms with E-state index in [1.54, 1.807) is 0 Å². The SMILES string of the molecule is Clc1sc(C(Cl)c2ccc(I)cc2)cc1Br. The third-order valence-electron chi connectivity index (χ3n) is 2.08. The highest BCUT2D eigenvalue weighted by Gasteiger charge is 2.15. The summed E-state index contributed by atoms with van der Waals surface area (Å²) >= 11 is 19.6. The van der Waals surface area contributed by atoms with E-state index in [0.29, 0.717) is 0 Å². The lowest BCUT2D eigenvalue weighted by Gasteiger charge is -2.07. The van der Waals surface area contributed by atoms with E-state index in [9.17, 15) is 0 Å². The number of hydrogen-bond donors (Lipinski definition) is 0. The van der Waals surface area contributed by atoms with Crippen molar-refractivity contribution in [2.24, 2.45) is 0 Å². The lowest BCUT2D eigenvalue weighted by atomic mass is 10.1. The topological polar surface area (TPSA) is 0 Å². The Bertz CT molecular complexity index is 476. The van der Waals surface area contributed by atoms with Crippen molar-refractivity contribution in [2.45, 2.75) is 5.38 Å². The molecule has 1 atom stereocenters. The fourth-order valence-corrected chi connectivity index (χ4v) is 3.73. The van der Waals surface area contributed by atoms with E-state index < -0.39 is 0 Å². The normalized spacial score (nSPS) is 12.8. The molecule has 0 saturated heterocycles. The van der Waals surface area contributed by atoms with Gasteiger partial charge in [-0.1, -0.05) is 23.7 Å². The Morgan fingerprint density at radius 1 is 1.25 bits per heavy atom. The molecule has 0 spiro atoms. The summed E-state index contributed by atoms with van der Waals surface area (Å²) < 4.78 is 2.85. The lowest BCUT2D eigenvalue weighted by molar-refractivity contribution is 1.18. The maximum Gasteiger partial charge on any atom is 0.107 e. The van der Waals surface area contributed by atoms with Crippen LogP contribution >= 0.6 is 73.1 Å². The molecule has 0 N–H and O–H groups in total. The average molecular weight is 448 g/mol. The first-order valence-electron chi connectivity index (χ1n) is 4.42. The van der Waals surface area contributed by atoms with Crippen molar-refractivity contribution in [3.8, 4) is 0 Å². The number of rotatable bonds is 2. The van der Waals surface area contributed by atoms with Crippen LogP contribution < -0.4 is 0 Å². The van der Waals surface area contributed by atoms with Gasteiger partial charge in [0.15, 0.2) is 0 Å². The van der Waals surface area contributed by atoms with Crippen LogP contribution in [0.25, 0.3) is 0 Å². The zero-order valence-electron chi connectivity index (χ0n) is 7.88. The smallest absolute Gasteiger partial charge is 0.107 e. The third kappa shape index (κ3) is 2.93. The van der Waals surface area contributed by atoms with Gasteiger partial charge in [0.05, 0.1) is 5.38 Å². The van der Waals surface area contributed by atoms with Gasteiger partial charge < -0.3 is 0 Å². The van der Waals surface area contributed by atoms with E-state index in [2.05, 4.69) is 50.7 Å². The molecule has 0 bridgehead atoms. The van der Waals surface area contributed by atoms with Crippen molar-refractivity contribution < 1.29 is 0 Å². The number of alkyl halides is 1. The monoisotopic (exact) mass is 446 g/mol. The second kappa shape index (κ2) is 5.57. The van der Waals surface area contributed by atoms with Gasteiger partial charge in [-0.2, -0.15) is 0 Å². The average Bonchev–Trinajstić information content (AvgIpc) is 2.59. The van der Waals surface area contributed by atoms with Crippen LogP contribution in [0.15, 0.2) is 34.8 Å². The molecule has 1 heterocycles. The Labute approximate surface area is 130 Å². The maximum absolute atomic E-state index is 6.40. The number of halogens is 4. The van der Waals surface area contributed by atoms with Crippen LogP contribution in [0, 0.1) is 3.57 Å². The molecule has 0 fully saturated rings. The molecule has 0 radical (unpaired) electrons. The van der Waals surface area contributed by atoms with Crippen LogP contribution in [0.4, 0.5) is 0 Å². The predicted molar refractivity (Wildman–Crippen MR) is 83.9 cm³/mol. The Balaban J connectivity index is 2.31. The first-order chi connectivity index (χ1) is 7.58. The highest BCUT2D eigenvalue weighted by atomic mass is 127. The quantitative estimate of drug-likeness (QED) is 0.385. The highest BCUT2D eigenvalue weighted by Crippen LogP contribution is 2.40. The van der Waals surface area contributed by atoms with Gasteiger partial charge in [-0.3, -0.25) is 0 Å². The molecule has 0 saturated carbocycles. The van der Waals surface area contributed by atoms with E-state index in [4.69, 9.17) is 23.2 Å². The van der Waals surface area contributed by atoms with E-state index in [-0.39, 0.29) is 5.38 Å². The Morgan fingerprint density at radius 3 is 2.38 bits per heavy atom. The van der Waals surface area contributed by atoms with Gasteiger partial charge in [0.25, 0.3) is 0 Å². The Hall–Kier alpha value is 0.710. The van der Waals surface area contributed by atoms with Crippen molar-refractivity contribution in [3.05, 3.63) is 53.2 Å². The minimum atomic E-state index is -0.134. The summed E-state index contributed by atoms with van der Waals surface area (Å²) in [5.41, 5.74) is 1.09. The first kappa shape index (κ1) is 13.1. The number of benzene rings is 1. The molecule has 1 aromatic heterocycles. The van der Waals surface area contributed by atoms with Crippen molar-refractivity contribution in [3.63, 3.8) is 0 Å². The zero-order valence-corrected chi connectivity index (χ0v) is 14.0. The van der Waals surface area contributed by atoms with Crippen LogP contribution in [0.1, 0.15) is 15.8 Å². The predicted octanol–water partition coefficient (Wildman–Crippen LogP) is 6.10. The largest absolute Gasteiger partial charge is 0.125 e. The molecule has 0 aliphatic carbocycles. The van der Waals surface area contributed by atoms with Gasteiger partial charge in [0, 0.05) is 12.9 Å². The van der Waals surface area contributed by atoms with Crippen LogP contribution in [0.5, 0.6) is 0 Å². The summed E-state index contributed by atoms with van der Waals surface area (Å²) in [5, 5.41) is -0.134. The highest BCUT2D eigenvalue weighted by molar-refractivity contribution is 14.1. The molecule has 0 aliphatic heterocycles. The van der Waals surface area contributed by atoms with Crippen LogP contribution in [0.3, 0.4) is 0 Å². The number of hydrogen-bond acceptors (Lipinski definition) is 1. The summed E-state index contributed by atoms with van der Waals surface area (Å²) in [7, 11) is 0. The van der Waals surface area contributed by atoms with Gasteiger partial charge in [-0.15, -0.1) is 22.9 Å². The molecule has 2 aromatic rings. The molecule has 0 aliphatic rings. The standard InChI is InChI=1S/C11H6BrCl2IS/c12-8-5-9(16-11(8)14)10(13)6-1-3-7(15)4-2-6/h1-5,10H. The van der Waals surface area contributed by atoms with Gasteiger partial charge in [0.2, 0.25) is 0 Å². The van der Waals surface area contributed by atoms with E-state index >= 15 is 0 Å². The minimum Gasteiger partial charge on any atom is -0.125 e. The van der Waals surface area contributed by atoms with Crippen LogP contribution in [-0.2, 0) is 0 Å². The molecule has 0 amide bonds. The molecule has 16 heavy (non-hydrogen) atoms. The first-order valence-corrected chi connectivity index (χ1v) is 7.92. The second-order valence-electron chi connectivity index (χ2n) is 3.18. The van der Waals surface area contributed by atoms with E-state index in [1.807, 2.05) is 18.2 Å². The molecule has 2 rings (SSSR count). The second-order valence-corrected chi connectivity index (χ2v) is 7.41. The summed E-state index contributed by atoms with van der Waals surface area (Å²) in [6, 6.07) is 10.2. The number of thiophene rings is 1. The minimum absolute atomic E-state index is 0.134. The summed E-state index contributed by atoms with van der Waals surface area (Å²) in [6.45, 7) is 0. The molecular weight excluding hydrogens is 442 g/mol. The fourth-order valence-electron chi connectivity index (χ4n) is 1.28. The fraction of sp³-hybridized carbons (Fsp3) is 0.0909. The molecule has 5 heteroatoms. The van der Waals surface area contributed by atoms with Crippen molar-refractivity contribution in [1.29, 1.82) is 0 Å². The molecular formula is C11H6BrCl2IS. The van der Waals surface area contributed by atoms with E-state index in [1.165, 1.54) is 14.9 Å². The van der Waals surface area contributed by atoms with Crippen molar-refractivity contribution in [1.82, 2.24) is 0 Å².